The fourth-order valence-corrected chi connectivity index (χ4v) is 1.14. The number of carboxylic acid groups (broad SMARTS) is 1. The molecule has 3 nitrogen and oxygen atoms in total. The van der Waals surface area contributed by atoms with Gasteiger partial charge in [0, 0.05) is 11.1 Å². The van der Waals surface area contributed by atoms with Gasteiger partial charge in [0.2, 0.25) is 0 Å². The van der Waals surface area contributed by atoms with Gasteiger partial charge in [-0.3, -0.25) is 4.79 Å². The van der Waals surface area contributed by atoms with Gasteiger partial charge in [0.1, 0.15) is 6.29 Å². The average molecular weight is 140 g/mol. The number of carbonyl (C=O) groups is 2. The lowest BCUT2D eigenvalue weighted by Crippen LogP contribution is -1.99. The maximum atomic E-state index is 10.4. The number of aliphatic carboxylic acids is 1. The van der Waals surface area contributed by atoms with Crippen molar-refractivity contribution in [3.8, 4) is 0 Å². The van der Waals surface area contributed by atoms with Crippen LogP contribution in [0.4, 0.5) is 0 Å². The van der Waals surface area contributed by atoms with Gasteiger partial charge in [0.05, 0.1) is 0 Å². The maximum absolute atomic E-state index is 10.4. The van der Waals surface area contributed by atoms with Crippen molar-refractivity contribution < 1.29 is 14.7 Å². The van der Waals surface area contributed by atoms with Gasteiger partial charge in [-0.1, -0.05) is 0 Å². The fraction of sp³-hybridized carbons (Fsp3) is 0.429. The van der Waals surface area contributed by atoms with Crippen molar-refractivity contribution in [1.82, 2.24) is 0 Å². The molecule has 0 saturated carbocycles. The standard InChI is InChI=1S/C7H8O3/c8-4-5-2-1-3-6(5)7(9)10/h4H,1-3H2,(H,9,10). The minimum absolute atomic E-state index is 0.301. The molecule has 0 aliphatic heterocycles. The van der Waals surface area contributed by atoms with Crippen LogP contribution in [0.2, 0.25) is 0 Å². The van der Waals surface area contributed by atoms with Gasteiger partial charge < -0.3 is 5.11 Å². The molecule has 0 aromatic carbocycles. The SMILES string of the molecule is O=CC1=C(C(=O)O)CCC1. The largest absolute Gasteiger partial charge is 0.478 e. The molecule has 0 aromatic heterocycles. The third-order valence-electron chi connectivity index (χ3n) is 1.66. The van der Waals surface area contributed by atoms with Gasteiger partial charge in [-0.15, -0.1) is 0 Å². The Kier molecular flexibility index (Phi) is 1.85. The molecule has 1 aliphatic rings. The van der Waals surface area contributed by atoms with Gasteiger partial charge in [0.15, 0.2) is 0 Å². The molecule has 0 spiro atoms. The zero-order valence-corrected chi connectivity index (χ0v) is 5.46. The minimum atomic E-state index is -0.945. The van der Waals surface area contributed by atoms with Gasteiger partial charge in [-0.2, -0.15) is 0 Å². The van der Waals surface area contributed by atoms with E-state index in [0.717, 1.165) is 6.42 Å². The molecule has 1 N–H and O–H groups in total. The molecule has 0 atom stereocenters. The smallest absolute Gasteiger partial charge is 0.331 e. The highest BCUT2D eigenvalue weighted by atomic mass is 16.4. The van der Waals surface area contributed by atoms with Crippen LogP contribution in [0.25, 0.3) is 0 Å². The minimum Gasteiger partial charge on any atom is -0.478 e. The maximum Gasteiger partial charge on any atom is 0.331 e. The van der Waals surface area contributed by atoms with E-state index in [1.54, 1.807) is 0 Å². The number of carbonyl (C=O) groups excluding carboxylic acids is 1. The lowest BCUT2D eigenvalue weighted by molar-refractivity contribution is -0.133. The Bertz CT molecular complexity index is 203. The second kappa shape index (κ2) is 2.64. The van der Waals surface area contributed by atoms with Crippen LogP contribution in [0.5, 0.6) is 0 Å². The van der Waals surface area contributed by atoms with Gasteiger partial charge in [0.25, 0.3) is 0 Å². The molecule has 54 valence electrons. The predicted molar refractivity (Wildman–Crippen MR) is 34.6 cm³/mol. The summed E-state index contributed by atoms with van der Waals surface area (Å²) in [6, 6.07) is 0. The van der Waals surface area contributed by atoms with Crippen LogP contribution < -0.4 is 0 Å². The van der Waals surface area contributed by atoms with Crippen LogP contribution in [-0.4, -0.2) is 17.4 Å². The summed E-state index contributed by atoms with van der Waals surface area (Å²) in [5, 5.41) is 8.50. The summed E-state index contributed by atoms with van der Waals surface area (Å²) >= 11 is 0. The molecule has 1 aliphatic carbocycles. The first kappa shape index (κ1) is 6.99. The molecule has 1 rings (SSSR count). The number of allylic oxidation sites excluding steroid dienone is 1. The Morgan fingerprint density at radius 2 is 2.20 bits per heavy atom. The van der Waals surface area contributed by atoms with Crippen molar-refractivity contribution in [2.24, 2.45) is 0 Å². The van der Waals surface area contributed by atoms with Gasteiger partial charge in [-0.05, 0) is 19.3 Å². The van der Waals surface area contributed by atoms with E-state index in [-0.39, 0.29) is 0 Å². The summed E-state index contributed by atoms with van der Waals surface area (Å²) in [6.07, 6.45) is 2.63. The topological polar surface area (TPSA) is 54.4 Å². The monoisotopic (exact) mass is 140 g/mol. The van der Waals surface area contributed by atoms with E-state index >= 15 is 0 Å². The van der Waals surface area contributed by atoms with E-state index in [1.807, 2.05) is 0 Å². The summed E-state index contributed by atoms with van der Waals surface area (Å²) in [5.41, 5.74) is 0.766. The van der Waals surface area contributed by atoms with E-state index in [9.17, 15) is 9.59 Å². The molecule has 0 saturated heterocycles. The Morgan fingerprint density at radius 1 is 1.50 bits per heavy atom. The van der Waals surface area contributed by atoms with E-state index in [2.05, 4.69) is 0 Å². The third-order valence-corrected chi connectivity index (χ3v) is 1.66. The second-order valence-electron chi connectivity index (χ2n) is 2.28. The van der Waals surface area contributed by atoms with Crippen LogP contribution >= 0.6 is 0 Å². The van der Waals surface area contributed by atoms with Crippen LogP contribution in [0.3, 0.4) is 0 Å². The first-order valence-electron chi connectivity index (χ1n) is 3.16. The molecule has 0 radical (unpaired) electrons. The zero-order chi connectivity index (χ0) is 7.56. The number of carboxylic acids is 1. The number of hydrogen-bond donors (Lipinski definition) is 1. The first-order chi connectivity index (χ1) is 4.75. The van der Waals surface area contributed by atoms with E-state index in [1.165, 1.54) is 0 Å². The third kappa shape index (κ3) is 1.07. The van der Waals surface area contributed by atoms with Crippen molar-refractivity contribution in [2.75, 3.05) is 0 Å². The lowest BCUT2D eigenvalue weighted by Gasteiger charge is -1.91. The number of rotatable bonds is 2. The molecule has 0 bridgehead atoms. The molecule has 0 heterocycles. The van der Waals surface area contributed by atoms with Crippen LogP contribution in [0, 0.1) is 0 Å². The fourth-order valence-electron chi connectivity index (χ4n) is 1.14. The summed E-state index contributed by atoms with van der Waals surface area (Å²) < 4.78 is 0. The van der Waals surface area contributed by atoms with Gasteiger partial charge >= 0.3 is 5.97 Å². The van der Waals surface area contributed by atoms with Crippen molar-refractivity contribution in [3.05, 3.63) is 11.1 Å². The molecule has 0 fully saturated rings. The van der Waals surface area contributed by atoms with Crippen LogP contribution in [-0.2, 0) is 9.59 Å². The predicted octanol–water partition coefficient (Wildman–Crippen LogP) is 0.750. The Labute approximate surface area is 58.4 Å². The zero-order valence-electron chi connectivity index (χ0n) is 5.46. The van der Waals surface area contributed by atoms with E-state index in [4.69, 9.17) is 5.11 Å². The summed E-state index contributed by atoms with van der Waals surface area (Å²) in [6.45, 7) is 0. The van der Waals surface area contributed by atoms with Crippen molar-refractivity contribution in [3.63, 3.8) is 0 Å². The number of hydrogen-bond acceptors (Lipinski definition) is 2. The summed E-state index contributed by atoms with van der Waals surface area (Å²) in [7, 11) is 0. The summed E-state index contributed by atoms with van der Waals surface area (Å²) in [4.78, 5) is 20.6. The van der Waals surface area contributed by atoms with E-state index in [0.29, 0.717) is 30.3 Å². The molecule has 0 unspecified atom stereocenters. The Hall–Kier alpha value is -1.12. The highest BCUT2D eigenvalue weighted by Gasteiger charge is 2.18. The Morgan fingerprint density at radius 3 is 2.60 bits per heavy atom. The van der Waals surface area contributed by atoms with Crippen LogP contribution in [0.15, 0.2) is 11.1 Å². The highest BCUT2D eigenvalue weighted by molar-refractivity contribution is 5.95. The quantitative estimate of drug-likeness (QED) is 0.576. The molecular weight excluding hydrogens is 132 g/mol. The number of aldehydes is 1. The van der Waals surface area contributed by atoms with Crippen LogP contribution in [0.1, 0.15) is 19.3 Å². The average Bonchev–Trinajstić information content (AvgIpc) is 2.33. The van der Waals surface area contributed by atoms with Crippen molar-refractivity contribution >= 4 is 12.3 Å². The van der Waals surface area contributed by atoms with Crippen molar-refractivity contribution in [2.45, 2.75) is 19.3 Å². The molecule has 10 heavy (non-hydrogen) atoms. The lowest BCUT2D eigenvalue weighted by atomic mass is 10.2. The van der Waals surface area contributed by atoms with Gasteiger partial charge in [-0.25, -0.2) is 4.79 Å². The Balaban J connectivity index is 2.88. The molecule has 0 amide bonds. The molecular formula is C7H8O3. The summed E-state index contributed by atoms with van der Waals surface area (Å²) in [5.74, 6) is -0.945. The molecule has 0 aromatic rings. The second-order valence-corrected chi connectivity index (χ2v) is 2.28. The van der Waals surface area contributed by atoms with Crippen molar-refractivity contribution in [1.29, 1.82) is 0 Å². The normalized spacial score (nSPS) is 17.6. The first-order valence-corrected chi connectivity index (χ1v) is 3.16. The van der Waals surface area contributed by atoms with E-state index < -0.39 is 5.97 Å². The highest BCUT2D eigenvalue weighted by Crippen LogP contribution is 2.23. The molecule has 3 heteroatoms.